The van der Waals surface area contributed by atoms with Gasteiger partial charge in [-0.25, -0.2) is 4.98 Å². The standard InChI is InChI=1S/C38H33Cl2F3N4O5/c39-22-10-8-20(9-11-22)37-28(34(50)47(36(37)52)45-32-29(40)16-21(18-44-32)38(41,42)43)17-27-25(31(37)19-6-12-24(48)13-7-19)14-15-26-30(27)35(51)46(33(26)49)23-4-2-1-3-5-23/h6-14,16,18,23,26-28,30-31,48H,1-5,15,17H2,(H,44,45). The number of phenolic OH excluding ortho intramolecular Hbond substituents is 1. The Balaban J connectivity index is 1.28. The largest absolute Gasteiger partial charge is 0.508 e. The van der Waals surface area contributed by atoms with Crippen LogP contribution in [0.5, 0.6) is 5.75 Å². The third kappa shape index (κ3) is 5.23. The summed E-state index contributed by atoms with van der Waals surface area (Å²) in [6.45, 7) is 0. The number of aromatic hydroxyl groups is 1. The molecule has 2 saturated carbocycles. The number of anilines is 1. The zero-order valence-corrected chi connectivity index (χ0v) is 29.1. The third-order valence-corrected chi connectivity index (χ3v) is 12.3. The van der Waals surface area contributed by atoms with Gasteiger partial charge in [0.2, 0.25) is 11.8 Å². The summed E-state index contributed by atoms with van der Waals surface area (Å²) in [5.41, 5.74) is 1.65. The van der Waals surface area contributed by atoms with Crippen molar-refractivity contribution in [3.05, 3.63) is 99.2 Å². The Kier molecular flexibility index (Phi) is 8.41. The van der Waals surface area contributed by atoms with Gasteiger partial charge in [0.05, 0.1) is 33.8 Å². The van der Waals surface area contributed by atoms with Crippen LogP contribution < -0.4 is 5.43 Å². The number of alkyl halides is 3. The summed E-state index contributed by atoms with van der Waals surface area (Å²) in [7, 11) is 0. The van der Waals surface area contributed by atoms with Crippen LogP contribution in [0.15, 0.2) is 72.4 Å². The van der Waals surface area contributed by atoms with E-state index in [1.54, 1.807) is 36.4 Å². The van der Waals surface area contributed by atoms with Crippen molar-refractivity contribution in [2.45, 2.75) is 68.5 Å². The van der Waals surface area contributed by atoms with Gasteiger partial charge in [-0.05, 0) is 73.1 Å². The second-order valence-electron chi connectivity index (χ2n) is 14.3. The first-order valence-corrected chi connectivity index (χ1v) is 18.1. The predicted octanol–water partition coefficient (Wildman–Crippen LogP) is 7.43. The van der Waals surface area contributed by atoms with E-state index in [1.807, 2.05) is 6.08 Å². The number of phenols is 1. The fraction of sp³-hybridized carbons (Fsp3) is 0.395. The van der Waals surface area contributed by atoms with Gasteiger partial charge in [-0.3, -0.25) is 29.5 Å². The van der Waals surface area contributed by atoms with Crippen LogP contribution in [0.2, 0.25) is 10.0 Å². The van der Waals surface area contributed by atoms with Crippen LogP contribution in [0, 0.1) is 23.7 Å². The molecule has 4 amide bonds. The van der Waals surface area contributed by atoms with Crippen molar-refractivity contribution in [1.82, 2.24) is 14.9 Å². The van der Waals surface area contributed by atoms with Gasteiger partial charge < -0.3 is 5.11 Å². The predicted molar refractivity (Wildman–Crippen MR) is 184 cm³/mol. The first-order valence-electron chi connectivity index (χ1n) is 17.3. The number of imide groups is 2. The maximum absolute atomic E-state index is 15.2. The number of likely N-dealkylation sites (tertiary alicyclic amines) is 1. The van der Waals surface area contributed by atoms with Crippen LogP contribution in [0.4, 0.5) is 19.0 Å². The molecule has 8 rings (SSSR count). The summed E-state index contributed by atoms with van der Waals surface area (Å²) in [5, 5.41) is 11.0. The lowest BCUT2D eigenvalue weighted by Gasteiger charge is -2.50. The SMILES string of the molecule is O=C1C2CC3C(=CCC4C(=O)N(C5CCCCC5)C(=O)C43)C(c3ccc(O)cc3)C2(c2ccc(Cl)cc2)C(=O)N1Nc1ncc(C(F)(F)F)cc1Cl. The first kappa shape index (κ1) is 34.7. The molecule has 3 aromatic rings. The number of pyridine rings is 1. The molecule has 52 heavy (non-hydrogen) atoms. The number of rotatable bonds is 5. The molecule has 0 radical (unpaired) electrons. The van der Waals surface area contributed by atoms with E-state index in [2.05, 4.69) is 10.4 Å². The molecule has 3 heterocycles. The van der Waals surface area contributed by atoms with Crippen molar-refractivity contribution in [3.8, 4) is 5.75 Å². The minimum Gasteiger partial charge on any atom is -0.508 e. The minimum absolute atomic E-state index is 0.0225. The number of carbonyl (C=O) groups excluding carboxylic acids is 4. The molecule has 4 fully saturated rings. The third-order valence-electron chi connectivity index (χ3n) is 11.8. The molecule has 6 unspecified atom stereocenters. The summed E-state index contributed by atoms with van der Waals surface area (Å²) in [4.78, 5) is 63.6. The summed E-state index contributed by atoms with van der Waals surface area (Å²) < 4.78 is 40.3. The number of halogens is 5. The van der Waals surface area contributed by atoms with Crippen molar-refractivity contribution < 1.29 is 37.5 Å². The number of nitrogens with zero attached hydrogens (tertiary/aromatic N) is 3. The number of aromatic nitrogens is 1. The molecule has 2 aliphatic heterocycles. The van der Waals surface area contributed by atoms with Crippen LogP contribution in [0.1, 0.15) is 67.6 Å². The Bertz CT molecular complexity index is 2020. The first-order chi connectivity index (χ1) is 24.8. The molecule has 0 bridgehead atoms. The van der Waals surface area contributed by atoms with Gasteiger partial charge in [0, 0.05) is 23.2 Å². The highest BCUT2D eigenvalue weighted by Gasteiger charge is 2.70. The van der Waals surface area contributed by atoms with E-state index < -0.39 is 63.6 Å². The van der Waals surface area contributed by atoms with Gasteiger partial charge in [-0.2, -0.15) is 18.2 Å². The van der Waals surface area contributed by atoms with Crippen LogP contribution in [-0.4, -0.2) is 49.7 Å². The number of amides is 4. The van der Waals surface area contributed by atoms with Crippen LogP contribution in [0.25, 0.3) is 0 Å². The summed E-state index contributed by atoms with van der Waals surface area (Å²) >= 11 is 12.6. The van der Waals surface area contributed by atoms with Crippen LogP contribution >= 0.6 is 23.2 Å². The quantitative estimate of drug-likeness (QED) is 0.206. The zero-order valence-electron chi connectivity index (χ0n) is 27.6. The molecule has 6 atom stereocenters. The maximum Gasteiger partial charge on any atom is 0.417 e. The van der Waals surface area contributed by atoms with E-state index in [0.717, 1.165) is 42.7 Å². The van der Waals surface area contributed by atoms with E-state index in [-0.39, 0.29) is 42.3 Å². The smallest absolute Gasteiger partial charge is 0.417 e. The summed E-state index contributed by atoms with van der Waals surface area (Å²) in [6, 6.07) is 13.3. The van der Waals surface area contributed by atoms with Crippen molar-refractivity contribution in [2.24, 2.45) is 23.7 Å². The van der Waals surface area contributed by atoms with Gasteiger partial charge in [-0.1, -0.05) is 78.4 Å². The number of fused-ring (bicyclic) bond motifs is 4. The highest BCUT2D eigenvalue weighted by atomic mass is 35.5. The summed E-state index contributed by atoms with van der Waals surface area (Å²) in [6.07, 6.45) is 2.47. The molecule has 5 aliphatic rings. The lowest BCUT2D eigenvalue weighted by molar-refractivity contribution is -0.144. The Labute approximate surface area is 306 Å². The van der Waals surface area contributed by atoms with Crippen molar-refractivity contribution >= 4 is 52.6 Å². The number of benzene rings is 2. The molecule has 1 aromatic heterocycles. The van der Waals surface area contributed by atoms with E-state index in [4.69, 9.17) is 23.2 Å². The number of carbonyl (C=O) groups is 4. The lowest BCUT2D eigenvalue weighted by atomic mass is 9.49. The van der Waals surface area contributed by atoms with Gasteiger partial charge >= 0.3 is 6.18 Å². The Morgan fingerprint density at radius 1 is 0.885 bits per heavy atom. The summed E-state index contributed by atoms with van der Waals surface area (Å²) in [5.74, 6) is -6.11. The molecule has 2 aromatic carbocycles. The fourth-order valence-corrected chi connectivity index (χ4v) is 9.88. The van der Waals surface area contributed by atoms with Crippen molar-refractivity contribution in [1.29, 1.82) is 0 Å². The molecular formula is C38H33Cl2F3N4O5. The number of hydrogen-bond acceptors (Lipinski definition) is 7. The number of hydrogen-bond donors (Lipinski definition) is 2. The second kappa shape index (κ2) is 12.6. The number of hydrazine groups is 1. The second-order valence-corrected chi connectivity index (χ2v) is 15.2. The Morgan fingerprint density at radius 3 is 2.23 bits per heavy atom. The maximum atomic E-state index is 15.2. The average molecular weight is 754 g/mol. The topological polar surface area (TPSA) is 120 Å². The van der Waals surface area contributed by atoms with Crippen molar-refractivity contribution in [3.63, 3.8) is 0 Å². The molecule has 2 N–H and O–H groups in total. The molecule has 2 saturated heterocycles. The molecule has 3 aliphatic carbocycles. The normalized spacial score (nSPS) is 29.2. The monoisotopic (exact) mass is 752 g/mol. The van der Waals surface area contributed by atoms with Gasteiger partial charge in [-0.15, -0.1) is 0 Å². The Morgan fingerprint density at radius 2 is 1.58 bits per heavy atom. The molecule has 270 valence electrons. The fourth-order valence-electron chi connectivity index (χ4n) is 9.55. The molecule has 9 nitrogen and oxygen atoms in total. The lowest BCUT2D eigenvalue weighted by Crippen LogP contribution is -2.53. The highest BCUT2D eigenvalue weighted by molar-refractivity contribution is 6.33. The van der Waals surface area contributed by atoms with E-state index in [0.29, 0.717) is 28.4 Å². The van der Waals surface area contributed by atoms with Crippen LogP contribution in [-0.2, 0) is 30.8 Å². The number of allylic oxidation sites excluding steroid dienone is 2. The number of nitrogens with one attached hydrogen (secondary N) is 1. The Hall–Kier alpha value is -4.42. The highest BCUT2D eigenvalue weighted by Crippen LogP contribution is 2.64. The van der Waals surface area contributed by atoms with Gasteiger partial charge in [0.1, 0.15) is 5.75 Å². The van der Waals surface area contributed by atoms with Gasteiger partial charge in [0.25, 0.3) is 11.8 Å². The van der Waals surface area contributed by atoms with E-state index in [9.17, 15) is 32.7 Å². The molecule has 0 spiro atoms. The molecule has 14 heteroatoms. The zero-order chi connectivity index (χ0) is 36.7. The molecular weight excluding hydrogens is 720 g/mol. The van der Waals surface area contributed by atoms with E-state index >= 15 is 4.79 Å². The van der Waals surface area contributed by atoms with Crippen molar-refractivity contribution in [2.75, 3.05) is 5.43 Å². The van der Waals surface area contributed by atoms with E-state index in [1.165, 1.54) is 17.0 Å². The average Bonchev–Trinajstić information content (AvgIpc) is 3.50. The minimum atomic E-state index is -4.73. The van der Waals surface area contributed by atoms with Crippen LogP contribution in [0.3, 0.4) is 0 Å². The van der Waals surface area contributed by atoms with Gasteiger partial charge in [0.15, 0.2) is 5.82 Å².